The van der Waals surface area contributed by atoms with Crippen molar-refractivity contribution in [3.63, 3.8) is 0 Å². The van der Waals surface area contributed by atoms with Crippen molar-refractivity contribution in [1.29, 1.82) is 0 Å². The third-order valence-corrected chi connectivity index (χ3v) is 8.17. The van der Waals surface area contributed by atoms with E-state index in [9.17, 15) is 0 Å². The number of thioether (sulfide) groups is 1. The van der Waals surface area contributed by atoms with Gasteiger partial charge in [0.25, 0.3) is 0 Å². The maximum atomic E-state index is 5.42. The van der Waals surface area contributed by atoms with E-state index >= 15 is 0 Å². The molecule has 0 N–H and O–H groups in total. The Labute approximate surface area is 226 Å². The van der Waals surface area contributed by atoms with Crippen molar-refractivity contribution in [3.8, 4) is 0 Å². The van der Waals surface area contributed by atoms with Crippen molar-refractivity contribution < 1.29 is 0 Å². The van der Waals surface area contributed by atoms with Crippen LogP contribution in [0.25, 0.3) is 0 Å². The molecule has 2 aliphatic rings. The Morgan fingerprint density at radius 2 is 0.947 bits per heavy atom. The van der Waals surface area contributed by atoms with Crippen molar-refractivity contribution in [1.82, 2.24) is 0 Å². The zero-order chi connectivity index (χ0) is 25.4. The van der Waals surface area contributed by atoms with Crippen molar-refractivity contribution >= 4 is 33.9 Å². The summed E-state index contributed by atoms with van der Waals surface area (Å²) < 4.78 is 0. The smallest absolute Gasteiger partial charge is 0.223 e. The normalized spacial score (nSPS) is 18.2. The number of anilines is 2. The van der Waals surface area contributed by atoms with Crippen LogP contribution in [0.3, 0.4) is 0 Å². The van der Waals surface area contributed by atoms with E-state index in [1.807, 2.05) is 24.3 Å². The number of benzene rings is 5. The van der Waals surface area contributed by atoms with Gasteiger partial charge >= 0.3 is 0 Å². The Hall–Kier alpha value is -4.61. The first-order chi connectivity index (χ1) is 18.8. The van der Waals surface area contributed by atoms with Gasteiger partial charge in [0.1, 0.15) is 5.04 Å². The molecule has 0 amide bonds. The lowest BCUT2D eigenvalue weighted by Crippen LogP contribution is -2.54. The van der Waals surface area contributed by atoms with Crippen molar-refractivity contribution in [2.75, 3.05) is 10.0 Å². The first-order valence-corrected chi connectivity index (χ1v) is 13.4. The second-order valence-electron chi connectivity index (χ2n) is 9.14. The Bertz CT molecular complexity index is 1640. The monoisotopic (exact) mass is 508 g/mol. The number of nitrogens with zero attached hydrogens (tertiary/aromatic N) is 4. The zero-order valence-corrected chi connectivity index (χ0v) is 21.4. The molecule has 2 heterocycles. The molecular weight excluding hydrogens is 484 g/mol. The van der Waals surface area contributed by atoms with Gasteiger partial charge in [0, 0.05) is 22.3 Å². The first kappa shape index (κ1) is 22.6. The fraction of sp³-hybridized carbons (Fsp3) is 0.0303. The molecule has 0 aromatic heterocycles. The summed E-state index contributed by atoms with van der Waals surface area (Å²) in [5.41, 5.74) is 7.34. The van der Waals surface area contributed by atoms with Crippen LogP contribution in [0.2, 0.25) is 0 Å². The van der Waals surface area contributed by atoms with Gasteiger partial charge in [-0.15, -0.1) is 0 Å². The van der Waals surface area contributed by atoms with Crippen LogP contribution in [0.4, 0.5) is 11.4 Å². The second kappa shape index (κ2) is 9.36. The van der Waals surface area contributed by atoms with E-state index in [1.54, 1.807) is 11.8 Å². The number of hydrogen-bond acceptors (Lipinski definition) is 5. The predicted octanol–water partition coefficient (Wildman–Crippen LogP) is 7.68. The third kappa shape index (κ3) is 3.63. The number of hydrazone groups is 2. The Morgan fingerprint density at radius 1 is 0.474 bits per heavy atom. The molecule has 182 valence electrons. The summed E-state index contributed by atoms with van der Waals surface area (Å²) in [5, 5.41) is 15.9. The third-order valence-electron chi connectivity index (χ3n) is 6.81. The second-order valence-corrected chi connectivity index (χ2v) is 10.3. The summed E-state index contributed by atoms with van der Waals surface area (Å²) in [6.45, 7) is 0. The molecular formula is C33H24N4S. The van der Waals surface area contributed by atoms with Gasteiger partial charge in [-0.1, -0.05) is 121 Å². The summed E-state index contributed by atoms with van der Waals surface area (Å²) in [4.78, 5) is -0.775. The minimum absolute atomic E-state index is 0.775. The number of para-hydroxylation sites is 2. The molecule has 1 atom stereocenters. The maximum Gasteiger partial charge on any atom is 0.234 e. The predicted molar refractivity (Wildman–Crippen MR) is 159 cm³/mol. The van der Waals surface area contributed by atoms with Gasteiger partial charge in [0.2, 0.25) is 4.99 Å². The zero-order valence-electron chi connectivity index (χ0n) is 20.6. The van der Waals surface area contributed by atoms with Gasteiger partial charge in [-0.2, -0.15) is 10.2 Å². The highest BCUT2D eigenvalue weighted by molar-refractivity contribution is 8.15. The Morgan fingerprint density at radius 3 is 1.55 bits per heavy atom. The molecule has 5 aromatic carbocycles. The maximum absolute atomic E-state index is 5.42. The average Bonchev–Trinajstić information content (AvgIpc) is 3.40. The highest BCUT2D eigenvalue weighted by atomic mass is 32.2. The van der Waals surface area contributed by atoms with Crippen LogP contribution in [-0.2, 0) is 4.99 Å². The number of rotatable bonds is 4. The minimum Gasteiger partial charge on any atom is -0.223 e. The van der Waals surface area contributed by atoms with E-state index in [1.165, 1.54) is 0 Å². The molecule has 7 rings (SSSR count). The van der Waals surface area contributed by atoms with E-state index in [0.717, 1.165) is 44.4 Å². The van der Waals surface area contributed by atoms with E-state index in [-0.39, 0.29) is 0 Å². The fourth-order valence-corrected chi connectivity index (χ4v) is 6.48. The van der Waals surface area contributed by atoms with Gasteiger partial charge in [0.05, 0.1) is 17.1 Å². The highest BCUT2D eigenvalue weighted by Gasteiger charge is 2.55. The molecule has 4 nitrogen and oxygen atoms in total. The summed E-state index contributed by atoms with van der Waals surface area (Å²) >= 11 is 1.73. The lowest BCUT2D eigenvalue weighted by molar-refractivity contribution is 0.550. The first-order valence-electron chi connectivity index (χ1n) is 12.6. The van der Waals surface area contributed by atoms with Crippen LogP contribution in [0.5, 0.6) is 0 Å². The van der Waals surface area contributed by atoms with Crippen molar-refractivity contribution in [2.24, 2.45) is 10.2 Å². The molecule has 0 bridgehead atoms. The molecule has 0 unspecified atom stereocenters. The minimum atomic E-state index is -0.775. The van der Waals surface area contributed by atoms with Crippen LogP contribution < -0.4 is 10.0 Å². The lowest BCUT2D eigenvalue weighted by atomic mass is 9.93. The molecule has 0 aliphatic carbocycles. The van der Waals surface area contributed by atoms with Gasteiger partial charge in [-0.3, -0.25) is 0 Å². The Balaban J connectivity index is 1.53. The molecule has 0 radical (unpaired) electrons. The molecule has 0 fully saturated rings. The molecule has 0 saturated heterocycles. The molecule has 0 saturated carbocycles. The summed E-state index contributed by atoms with van der Waals surface area (Å²) in [6.07, 6.45) is 0. The van der Waals surface area contributed by atoms with Gasteiger partial charge in [-0.05, 0) is 36.0 Å². The number of fused-ring (bicyclic) bond motifs is 2. The summed E-state index contributed by atoms with van der Waals surface area (Å²) in [6, 6.07) is 50.2. The molecule has 38 heavy (non-hydrogen) atoms. The lowest BCUT2D eigenvalue weighted by Gasteiger charge is -2.47. The van der Waals surface area contributed by atoms with E-state index in [4.69, 9.17) is 10.2 Å². The van der Waals surface area contributed by atoms with Crippen molar-refractivity contribution in [3.05, 3.63) is 168 Å². The average molecular weight is 509 g/mol. The quantitative estimate of drug-likeness (QED) is 0.249. The standard InChI is InChI=1S/C33H24N4S/c1-5-15-25(16-6-1)31-29-23-13-14-24-30(29)33(36(34-31)27-19-9-3-10-20-27)37(28-21-11-4-12-22-28)35-32(38-33)26-17-7-2-8-18-26/h1-24H/t33-/m1/s1. The number of hydrogen-bond donors (Lipinski definition) is 0. The van der Waals surface area contributed by atoms with Gasteiger partial charge in [-0.25, -0.2) is 10.0 Å². The van der Waals surface area contributed by atoms with Gasteiger partial charge in [0.15, 0.2) is 0 Å². The largest absolute Gasteiger partial charge is 0.234 e. The summed E-state index contributed by atoms with van der Waals surface area (Å²) in [5.74, 6) is 0. The van der Waals surface area contributed by atoms with E-state index in [2.05, 4.69) is 131 Å². The summed E-state index contributed by atoms with van der Waals surface area (Å²) in [7, 11) is 0. The van der Waals surface area contributed by atoms with Crippen molar-refractivity contribution in [2.45, 2.75) is 4.99 Å². The van der Waals surface area contributed by atoms with Crippen LogP contribution in [-0.4, -0.2) is 10.8 Å². The van der Waals surface area contributed by atoms with E-state index in [0.29, 0.717) is 0 Å². The molecule has 5 heteroatoms. The van der Waals surface area contributed by atoms with Crippen LogP contribution >= 0.6 is 11.8 Å². The molecule has 2 aliphatic heterocycles. The SMILES string of the molecule is c1ccc(C2=NN(c3ccccc3)[C@@]3(S2)c2ccccc2C(c2ccccc2)=NN3c2ccccc2)cc1. The fourth-order valence-electron chi connectivity index (χ4n) is 5.08. The van der Waals surface area contributed by atoms with Crippen LogP contribution in [0.15, 0.2) is 156 Å². The van der Waals surface area contributed by atoms with Gasteiger partial charge < -0.3 is 0 Å². The van der Waals surface area contributed by atoms with Crippen LogP contribution in [0.1, 0.15) is 22.3 Å². The van der Waals surface area contributed by atoms with Crippen LogP contribution in [0, 0.1) is 0 Å². The molecule has 5 aromatic rings. The molecule has 1 spiro atoms. The highest BCUT2D eigenvalue weighted by Crippen LogP contribution is 2.55. The topological polar surface area (TPSA) is 31.2 Å². The van der Waals surface area contributed by atoms with E-state index < -0.39 is 4.99 Å². The Kier molecular flexibility index (Phi) is 5.56.